The minimum absolute atomic E-state index is 0. The zero-order valence-corrected chi connectivity index (χ0v) is 7.58. The fourth-order valence-corrected chi connectivity index (χ4v) is 0.241. The molecule has 0 fully saturated rings. The Kier molecular flexibility index (Phi) is 51.1. The third kappa shape index (κ3) is 23.9. The van der Waals surface area contributed by atoms with Gasteiger partial charge in [0.05, 0.1) is 0 Å². The van der Waals surface area contributed by atoms with Gasteiger partial charge in [0, 0.05) is 17.6 Å². The van der Waals surface area contributed by atoms with Gasteiger partial charge >= 0.3 is 0 Å². The van der Waals surface area contributed by atoms with Crippen LogP contribution < -0.4 is 10.2 Å². The smallest absolute Gasteiger partial charge is 0 e. The standard InChI is InChI=1S/C4H8NO2.Ge.2H2O/c6-3-1-5-2-4-7;;;/h1-4H2;;2*1H2/q-3;;;/p-2. The van der Waals surface area contributed by atoms with Crippen LogP contribution in [0.2, 0.25) is 0 Å². The van der Waals surface area contributed by atoms with Crippen molar-refractivity contribution >= 4 is 17.6 Å². The van der Waals surface area contributed by atoms with E-state index in [1.807, 2.05) is 0 Å². The zero-order valence-electron chi connectivity index (χ0n) is 5.49. The molecule has 0 aliphatic carbocycles. The molecule has 4 radical (unpaired) electrons. The normalized spacial score (nSPS) is 6.60. The molecule has 0 aromatic heterocycles. The van der Waals surface area contributed by atoms with Crippen LogP contribution >= 0.6 is 0 Å². The summed E-state index contributed by atoms with van der Waals surface area (Å²) >= 11 is 0. The molecular formula is C4H10GeNO4-5. The van der Waals surface area contributed by atoms with Gasteiger partial charge in [-0.15, -0.1) is 0 Å². The average molecular weight is 209 g/mol. The van der Waals surface area contributed by atoms with Crippen molar-refractivity contribution in [1.82, 2.24) is 0 Å². The second kappa shape index (κ2) is 22.8. The van der Waals surface area contributed by atoms with E-state index in [9.17, 15) is 10.2 Å². The zero-order chi connectivity index (χ0) is 5.54. The van der Waals surface area contributed by atoms with E-state index in [1.165, 1.54) is 0 Å². The van der Waals surface area contributed by atoms with E-state index in [-0.39, 0.29) is 41.8 Å². The first-order chi connectivity index (χ1) is 3.41. The van der Waals surface area contributed by atoms with Crippen LogP contribution in [0.15, 0.2) is 0 Å². The number of hydrogen-bond acceptors (Lipinski definition) is 4. The van der Waals surface area contributed by atoms with E-state index in [2.05, 4.69) is 5.32 Å². The van der Waals surface area contributed by atoms with Gasteiger partial charge in [0.15, 0.2) is 0 Å². The summed E-state index contributed by atoms with van der Waals surface area (Å²) in [6, 6.07) is 0. The SMILES string of the molecule is [Ge].[O-]CC[N-]CC[O-].[OH-].[OH-]. The predicted octanol–water partition coefficient (Wildman–Crippen LogP) is -2.65. The van der Waals surface area contributed by atoms with Crippen molar-refractivity contribution < 1.29 is 21.2 Å². The monoisotopic (exact) mass is 210 g/mol. The number of nitrogens with zero attached hydrogens (tertiary/aromatic N) is 1. The quantitative estimate of drug-likeness (QED) is 0.370. The van der Waals surface area contributed by atoms with Gasteiger partial charge in [0.1, 0.15) is 0 Å². The summed E-state index contributed by atoms with van der Waals surface area (Å²) < 4.78 is 0. The molecule has 0 aliphatic rings. The maximum atomic E-state index is 9.61. The van der Waals surface area contributed by atoms with Crippen molar-refractivity contribution in [2.24, 2.45) is 0 Å². The van der Waals surface area contributed by atoms with Gasteiger partial charge in [-0.1, -0.05) is 0 Å². The second-order valence-corrected chi connectivity index (χ2v) is 1.08. The Balaban J connectivity index is -0.0000000600. The molecule has 0 atom stereocenters. The van der Waals surface area contributed by atoms with E-state index >= 15 is 0 Å². The average Bonchev–Trinajstić information content (AvgIpc) is 1.69. The van der Waals surface area contributed by atoms with Gasteiger partial charge in [0.2, 0.25) is 0 Å². The first-order valence-electron chi connectivity index (χ1n) is 2.21. The van der Waals surface area contributed by atoms with Crippen LogP contribution in [0.5, 0.6) is 0 Å². The third-order valence-corrected chi connectivity index (χ3v) is 0.499. The molecule has 64 valence electrons. The molecule has 0 amide bonds. The van der Waals surface area contributed by atoms with Crippen LogP contribution in [-0.2, 0) is 0 Å². The second-order valence-electron chi connectivity index (χ2n) is 1.08. The molecule has 0 saturated carbocycles. The van der Waals surface area contributed by atoms with E-state index in [1.54, 1.807) is 0 Å². The molecule has 0 saturated heterocycles. The summed E-state index contributed by atoms with van der Waals surface area (Å²) in [5, 5.41) is 22.8. The summed E-state index contributed by atoms with van der Waals surface area (Å²) in [5.41, 5.74) is 0. The Labute approximate surface area is 71.0 Å². The Morgan fingerprint density at radius 3 is 1.40 bits per heavy atom. The molecule has 2 N–H and O–H groups in total. The van der Waals surface area contributed by atoms with Crippen LogP contribution in [0.4, 0.5) is 0 Å². The summed E-state index contributed by atoms with van der Waals surface area (Å²) in [7, 11) is 0. The Morgan fingerprint density at radius 1 is 0.900 bits per heavy atom. The molecule has 0 bridgehead atoms. The van der Waals surface area contributed by atoms with Crippen LogP contribution in [0, 0.1) is 0 Å². The minimum Gasteiger partial charge on any atom is -0.870 e. The fraction of sp³-hybridized carbons (Fsp3) is 1.00. The number of hydrogen-bond donors (Lipinski definition) is 0. The fourth-order valence-electron chi connectivity index (χ4n) is 0.241. The van der Waals surface area contributed by atoms with Crippen molar-refractivity contribution in [2.75, 3.05) is 26.3 Å². The molecule has 0 aromatic carbocycles. The van der Waals surface area contributed by atoms with E-state index in [0.717, 1.165) is 0 Å². The molecule has 6 heteroatoms. The van der Waals surface area contributed by atoms with Crippen molar-refractivity contribution in [3.63, 3.8) is 0 Å². The van der Waals surface area contributed by atoms with Gasteiger partial charge in [-0.2, -0.15) is 26.3 Å². The molecular weight excluding hydrogens is 199 g/mol. The van der Waals surface area contributed by atoms with Crippen molar-refractivity contribution in [1.29, 1.82) is 0 Å². The summed E-state index contributed by atoms with van der Waals surface area (Å²) in [4.78, 5) is 0. The van der Waals surface area contributed by atoms with Crippen molar-refractivity contribution in [3.05, 3.63) is 5.32 Å². The molecule has 0 aromatic rings. The summed E-state index contributed by atoms with van der Waals surface area (Å²) in [5.74, 6) is 0. The van der Waals surface area contributed by atoms with Crippen LogP contribution in [0.3, 0.4) is 0 Å². The molecule has 0 aliphatic heterocycles. The molecule has 10 heavy (non-hydrogen) atoms. The Hall–Kier alpha value is 0.343. The first-order valence-corrected chi connectivity index (χ1v) is 2.21. The van der Waals surface area contributed by atoms with E-state index < -0.39 is 0 Å². The van der Waals surface area contributed by atoms with Gasteiger partial charge in [0.25, 0.3) is 0 Å². The maximum absolute atomic E-state index is 9.61. The predicted molar refractivity (Wildman–Crippen MR) is 32.5 cm³/mol. The van der Waals surface area contributed by atoms with Gasteiger partial charge in [-0.05, 0) is 0 Å². The third-order valence-electron chi connectivity index (χ3n) is 0.499. The Morgan fingerprint density at radius 2 is 1.20 bits per heavy atom. The molecule has 5 nitrogen and oxygen atoms in total. The van der Waals surface area contributed by atoms with Crippen LogP contribution in [0.1, 0.15) is 0 Å². The molecule has 0 heterocycles. The van der Waals surface area contributed by atoms with Gasteiger partial charge in [-0.3, -0.25) is 0 Å². The van der Waals surface area contributed by atoms with Crippen LogP contribution in [0.25, 0.3) is 5.32 Å². The van der Waals surface area contributed by atoms with Gasteiger partial charge in [-0.25, -0.2) is 0 Å². The summed E-state index contributed by atoms with van der Waals surface area (Å²) in [6.07, 6.45) is 0. The van der Waals surface area contributed by atoms with E-state index in [4.69, 9.17) is 0 Å². The number of rotatable bonds is 4. The van der Waals surface area contributed by atoms with Crippen LogP contribution in [-0.4, -0.2) is 54.9 Å². The molecule has 0 rings (SSSR count). The maximum Gasteiger partial charge on any atom is 0 e. The first kappa shape index (κ1) is 22.4. The minimum atomic E-state index is -0.194. The largest absolute Gasteiger partial charge is 0.870 e. The van der Waals surface area contributed by atoms with Crippen molar-refractivity contribution in [3.8, 4) is 0 Å². The van der Waals surface area contributed by atoms with E-state index in [0.29, 0.717) is 13.1 Å². The molecule has 0 spiro atoms. The summed E-state index contributed by atoms with van der Waals surface area (Å²) in [6.45, 7) is 0.199. The molecule has 0 unspecified atom stereocenters. The topological polar surface area (TPSA) is 120 Å². The Bertz CT molecular complexity index is 36.4. The van der Waals surface area contributed by atoms with Gasteiger partial charge < -0.3 is 26.5 Å². The van der Waals surface area contributed by atoms with Crippen molar-refractivity contribution in [2.45, 2.75) is 0 Å².